The number of carbonyl (C=O) groups excluding carboxylic acids is 9. The van der Waals surface area contributed by atoms with E-state index in [9.17, 15) is 78.3 Å². The normalized spacial score (nSPS) is 27.9. The Morgan fingerprint density at radius 1 is 0.697 bits per heavy atom. The smallest absolute Gasteiger partial charge is 0.327 e. The van der Waals surface area contributed by atoms with Crippen LogP contribution >= 0.6 is 21.6 Å². The summed E-state index contributed by atoms with van der Waals surface area (Å²) in [5.41, 5.74) is 16.7. The van der Waals surface area contributed by atoms with Crippen molar-refractivity contribution in [3.63, 3.8) is 0 Å². The first-order chi connectivity index (χ1) is 31.1. The molecule has 370 valence electrons. The van der Waals surface area contributed by atoms with E-state index in [-0.39, 0.29) is 56.2 Å². The van der Waals surface area contributed by atoms with E-state index in [1.165, 1.54) is 6.92 Å². The van der Waals surface area contributed by atoms with Crippen molar-refractivity contribution < 1.29 is 78.3 Å². The Labute approximate surface area is 384 Å². The molecule has 9 atom stereocenters. The Kier molecular flexibility index (Phi) is 23.9. The first kappa shape index (κ1) is 56.1. The third-order valence-corrected chi connectivity index (χ3v) is 12.0. The van der Waals surface area contributed by atoms with Crippen molar-refractivity contribution in [1.29, 1.82) is 0 Å². The first-order valence-electron chi connectivity index (χ1n) is 20.2. The highest BCUT2D eigenvalue weighted by Gasteiger charge is 2.40. The van der Waals surface area contributed by atoms with E-state index in [4.69, 9.17) is 17.2 Å². The highest BCUT2D eigenvalue weighted by molar-refractivity contribution is 8.76. The number of nitrogens with zero attached hydrogens (tertiary/aromatic N) is 2. The molecule has 2 aliphatic heterocycles. The van der Waals surface area contributed by atoms with Gasteiger partial charge in [0.1, 0.15) is 48.3 Å². The minimum Gasteiger partial charge on any atom is -0.481 e. The predicted molar refractivity (Wildman–Crippen MR) is 231 cm³/mol. The molecule has 2 fully saturated rings. The summed E-state index contributed by atoms with van der Waals surface area (Å²) >= 11 is 0. The summed E-state index contributed by atoms with van der Waals surface area (Å²) in [5, 5.41) is 66.8. The van der Waals surface area contributed by atoms with Gasteiger partial charge in [-0.2, -0.15) is 0 Å². The molecule has 0 aromatic carbocycles. The van der Waals surface area contributed by atoms with Gasteiger partial charge in [0.2, 0.25) is 53.2 Å². The molecule has 66 heavy (non-hydrogen) atoms. The summed E-state index contributed by atoms with van der Waals surface area (Å²) in [6.45, 7) is -2.89. The van der Waals surface area contributed by atoms with Gasteiger partial charge < -0.3 is 90.2 Å². The Morgan fingerprint density at radius 2 is 1.26 bits per heavy atom. The highest BCUT2D eigenvalue weighted by atomic mass is 33.1. The molecule has 9 amide bonds. The first-order valence-corrected chi connectivity index (χ1v) is 22.6. The third kappa shape index (κ3) is 18.5. The van der Waals surface area contributed by atoms with Crippen LogP contribution in [-0.2, 0) is 52.7 Å². The molecule has 19 N–H and O–H groups in total. The topological polar surface area (TPSA) is 479 Å². The van der Waals surface area contributed by atoms with E-state index in [0.717, 1.165) is 26.5 Å². The summed E-state index contributed by atoms with van der Waals surface area (Å²) in [6, 6.07) is -14.2. The number of hydrogen-bond acceptors (Lipinski definition) is 18. The Balaban J connectivity index is 2.43. The second-order valence-electron chi connectivity index (χ2n) is 14.7. The number of amides is 9. The molecule has 0 aromatic rings. The van der Waals surface area contributed by atoms with Crippen LogP contribution in [0.1, 0.15) is 39.0 Å². The van der Waals surface area contributed by atoms with E-state index in [1.54, 1.807) is 0 Å². The van der Waals surface area contributed by atoms with E-state index in [0.29, 0.717) is 0 Å². The number of carboxylic acids is 2. The number of nitrogens with two attached hydrogens (primary N) is 3. The molecule has 31 heteroatoms. The number of aliphatic hydroxyl groups excluding tert-OH is 3. The van der Waals surface area contributed by atoms with Crippen molar-refractivity contribution >= 4 is 92.7 Å². The molecule has 2 heterocycles. The van der Waals surface area contributed by atoms with Crippen LogP contribution in [0.3, 0.4) is 0 Å². The zero-order valence-corrected chi connectivity index (χ0v) is 37.2. The van der Waals surface area contributed by atoms with Crippen molar-refractivity contribution in [1.82, 2.24) is 47.4 Å². The maximum atomic E-state index is 13.6. The second kappa shape index (κ2) is 28.1. The maximum Gasteiger partial charge on any atom is 0.327 e. The molecule has 0 bridgehead atoms. The maximum absolute atomic E-state index is 13.6. The van der Waals surface area contributed by atoms with E-state index < -0.39 is 152 Å². The van der Waals surface area contributed by atoms with Crippen LogP contribution in [0.2, 0.25) is 0 Å². The highest BCUT2D eigenvalue weighted by Crippen LogP contribution is 2.23. The van der Waals surface area contributed by atoms with Gasteiger partial charge in [-0.25, -0.2) is 4.79 Å². The standard InChI is InChI=1S/C35H57N13O16S2/c1-15-26(55)44-19(10-49)30(59)45-20(11-50)31(60)47-22(34(63)64)14-66-65-13-16(36)27(56)43-17(4-2-6-39-35(37)38)28(57)40-9-24(52)42-18(8-25(53)54)29(58)46-21(12-51)33(62)48-7-3-5-23(48)32(61)41-15/h15-23,49-51H,2-14,36H2,1H3,(H,40,57)(H,41,61)(H,42,52)(H,43,56)(H,44,55)(H,45,59)(H,46,58)(H,47,60)(H,53,54)(H,63,64)(H4,37,38,39)/t15-,16-,17-,18?,19-,20?,21-,22-,23-/m0/s1. The van der Waals surface area contributed by atoms with Gasteiger partial charge >= 0.3 is 11.9 Å². The van der Waals surface area contributed by atoms with E-state index >= 15 is 0 Å². The van der Waals surface area contributed by atoms with Gasteiger partial charge in [-0.3, -0.25) is 52.9 Å². The van der Waals surface area contributed by atoms with Gasteiger partial charge in [0, 0.05) is 24.6 Å². The molecule has 2 unspecified atom stereocenters. The molecule has 0 radical (unpaired) electrons. The van der Waals surface area contributed by atoms with Crippen LogP contribution in [0.15, 0.2) is 4.99 Å². The molecular weight excluding hydrogens is 923 g/mol. The number of nitrogens with one attached hydrogen (secondary N) is 8. The SMILES string of the molecule is C[C@@H]1NC(=O)[C@@H]2CCCN2C(=O)[C@H](CO)NC(=O)C(CC(=O)O)NC(=O)CNC(=O)[C@H](CCCN=C(N)N)NC(=O)[C@@H](N)CSSC[C@@H](C(=O)O)NC(=O)C(CO)NC(=O)[C@H](CO)NC1=O. The van der Waals surface area contributed by atoms with Crippen molar-refractivity contribution in [3.8, 4) is 0 Å². The van der Waals surface area contributed by atoms with Crippen molar-refractivity contribution in [2.24, 2.45) is 22.2 Å². The molecule has 0 spiro atoms. The molecule has 0 aliphatic carbocycles. The Hall–Kier alpha value is -6.02. The molecule has 29 nitrogen and oxygen atoms in total. The zero-order chi connectivity index (χ0) is 49.7. The van der Waals surface area contributed by atoms with Gasteiger partial charge in [0.05, 0.1) is 38.8 Å². The number of carbonyl (C=O) groups is 11. The second-order valence-corrected chi connectivity index (χ2v) is 17.2. The van der Waals surface area contributed by atoms with Crippen LogP contribution in [0.4, 0.5) is 0 Å². The molecule has 0 aromatic heterocycles. The largest absolute Gasteiger partial charge is 0.481 e. The summed E-state index contributed by atoms with van der Waals surface area (Å²) in [6.07, 6.45) is -0.727. The quantitative estimate of drug-likeness (QED) is 0.0418. The fourth-order valence-corrected chi connectivity index (χ4v) is 8.30. The lowest BCUT2D eigenvalue weighted by Gasteiger charge is -2.29. The van der Waals surface area contributed by atoms with Crippen molar-refractivity contribution in [3.05, 3.63) is 0 Å². The van der Waals surface area contributed by atoms with Crippen LogP contribution in [-0.4, -0.2) is 207 Å². The van der Waals surface area contributed by atoms with Gasteiger partial charge in [-0.05, 0) is 32.6 Å². The van der Waals surface area contributed by atoms with E-state index in [1.807, 2.05) is 0 Å². The number of aliphatic carboxylic acids is 2. The Morgan fingerprint density at radius 3 is 1.85 bits per heavy atom. The Bertz CT molecular complexity index is 1830. The van der Waals surface area contributed by atoms with Crippen LogP contribution in [0, 0.1) is 0 Å². The van der Waals surface area contributed by atoms with Gasteiger partial charge in [-0.1, -0.05) is 21.6 Å². The molecule has 2 rings (SSSR count). The lowest BCUT2D eigenvalue weighted by atomic mass is 10.1. The predicted octanol–water partition coefficient (Wildman–Crippen LogP) is -9.18. The fraction of sp³-hybridized carbons (Fsp3) is 0.657. The van der Waals surface area contributed by atoms with Crippen LogP contribution in [0.5, 0.6) is 0 Å². The average molecular weight is 980 g/mol. The van der Waals surface area contributed by atoms with Crippen molar-refractivity contribution in [2.45, 2.75) is 93.4 Å². The fourth-order valence-electron chi connectivity index (χ4n) is 6.02. The number of hydrogen-bond donors (Lipinski definition) is 16. The number of carboxylic acid groups (broad SMARTS) is 2. The number of rotatable bonds is 10. The molecule has 0 saturated carbocycles. The summed E-state index contributed by atoms with van der Waals surface area (Å²) in [7, 11) is 1.76. The van der Waals surface area contributed by atoms with Gasteiger partial charge in [-0.15, -0.1) is 0 Å². The monoisotopic (exact) mass is 979 g/mol. The minimum absolute atomic E-state index is 0.0171. The molecular formula is C35H57N13O16S2. The average Bonchev–Trinajstić information content (AvgIpc) is 3.76. The number of guanidine groups is 1. The number of aliphatic imine (C=N–C) groups is 1. The summed E-state index contributed by atoms with van der Waals surface area (Å²) < 4.78 is 0. The van der Waals surface area contributed by atoms with E-state index in [2.05, 4.69) is 47.5 Å². The lowest BCUT2D eigenvalue weighted by molar-refractivity contribution is -0.144. The number of aliphatic hydroxyl groups is 3. The zero-order valence-electron chi connectivity index (χ0n) is 35.6. The minimum atomic E-state index is -1.87. The van der Waals surface area contributed by atoms with Crippen molar-refractivity contribution in [2.75, 3.05) is 51.0 Å². The van der Waals surface area contributed by atoms with Crippen LogP contribution in [0.25, 0.3) is 0 Å². The summed E-state index contributed by atoms with van der Waals surface area (Å²) in [5.74, 6) is -13.3. The molecule has 2 saturated heterocycles. The summed E-state index contributed by atoms with van der Waals surface area (Å²) in [4.78, 5) is 147. The third-order valence-electron chi connectivity index (χ3n) is 9.57. The van der Waals surface area contributed by atoms with Gasteiger partial charge in [0.15, 0.2) is 5.96 Å². The lowest BCUT2D eigenvalue weighted by Crippen LogP contribution is -2.60. The number of fused-ring (bicyclic) bond motifs is 1. The molecule has 2 aliphatic rings. The van der Waals surface area contributed by atoms with Crippen LogP contribution < -0.4 is 59.7 Å². The van der Waals surface area contributed by atoms with Gasteiger partial charge in [0.25, 0.3) is 0 Å².